The summed E-state index contributed by atoms with van der Waals surface area (Å²) in [6, 6.07) is 9.61. The fourth-order valence-electron chi connectivity index (χ4n) is 2.92. The second kappa shape index (κ2) is 7.64. The number of rotatable bonds is 2. The molecule has 0 spiro atoms. The number of pyridine rings is 1. The Morgan fingerprint density at radius 1 is 1.18 bits per heavy atom. The van der Waals surface area contributed by atoms with Crippen molar-refractivity contribution in [3.8, 4) is 28.5 Å². The second-order valence-corrected chi connectivity index (χ2v) is 5.92. The van der Waals surface area contributed by atoms with Gasteiger partial charge in [0.1, 0.15) is 23.4 Å². The van der Waals surface area contributed by atoms with E-state index in [1.807, 2.05) is 6.07 Å². The van der Waals surface area contributed by atoms with Gasteiger partial charge in [-0.1, -0.05) is 0 Å². The fraction of sp³-hybridized carbons (Fsp3) is 0.0526. The molecular formula is C19H11F2N5NaO. The number of halogens is 2. The van der Waals surface area contributed by atoms with Crippen molar-refractivity contribution in [1.29, 1.82) is 5.26 Å². The van der Waals surface area contributed by atoms with Gasteiger partial charge in [0.25, 0.3) is 5.56 Å². The van der Waals surface area contributed by atoms with E-state index >= 15 is 0 Å². The number of aromatic nitrogens is 4. The number of nitrogens with zero attached hydrogens (tertiary/aromatic N) is 4. The van der Waals surface area contributed by atoms with Crippen LogP contribution in [0.3, 0.4) is 0 Å². The van der Waals surface area contributed by atoms with Crippen LogP contribution in [0.15, 0.2) is 47.4 Å². The molecule has 1 aromatic carbocycles. The van der Waals surface area contributed by atoms with Crippen LogP contribution >= 0.6 is 0 Å². The number of fused-ring (bicyclic) bond motifs is 1. The first-order valence-electron chi connectivity index (χ1n) is 7.92. The Morgan fingerprint density at radius 2 is 1.96 bits per heavy atom. The molecule has 3 aromatic heterocycles. The van der Waals surface area contributed by atoms with Crippen molar-refractivity contribution >= 4 is 35.2 Å². The number of H-pyrrole nitrogens is 1. The molecule has 28 heavy (non-hydrogen) atoms. The number of aromatic amines is 1. The molecule has 133 valence electrons. The van der Waals surface area contributed by atoms with E-state index in [1.165, 1.54) is 28.9 Å². The minimum atomic E-state index is -0.751. The summed E-state index contributed by atoms with van der Waals surface area (Å²) in [7, 11) is 0. The molecule has 0 aliphatic rings. The van der Waals surface area contributed by atoms with E-state index in [0.717, 1.165) is 12.1 Å². The van der Waals surface area contributed by atoms with Crippen LogP contribution in [0.4, 0.5) is 8.78 Å². The van der Waals surface area contributed by atoms with Crippen LogP contribution in [0, 0.1) is 29.9 Å². The summed E-state index contributed by atoms with van der Waals surface area (Å²) < 4.78 is 28.8. The van der Waals surface area contributed by atoms with Crippen molar-refractivity contribution in [2.24, 2.45) is 0 Å². The quantitative estimate of drug-likeness (QED) is 0.537. The van der Waals surface area contributed by atoms with Gasteiger partial charge in [0, 0.05) is 70.3 Å². The molecule has 0 fully saturated rings. The molecule has 0 saturated heterocycles. The minimum Gasteiger partial charge on any atom is -0.293 e. The van der Waals surface area contributed by atoms with E-state index in [9.17, 15) is 13.6 Å². The molecule has 0 saturated carbocycles. The maximum atomic E-state index is 14.3. The summed E-state index contributed by atoms with van der Waals surface area (Å²) in [5.41, 5.74) is 1.95. The van der Waals surface area contributed by atoms with Gasteiger partial charge in [-0.25, -0.2) is 23.3 Å². The van der Waals surface area contributed by atoms with Crippen LogP contribution in [0.25, 0.3) is 28.0 Å². The zero-order valence-electron chi connectivity index (χ0n) is 15.0. The largest absolute Gasteiger partial charge is 0.293 e. The maximum Gasteiger partial charge on any atom is 0.273 e. The van der Waals surface area contributed by atoms with Crippen LogP contribution < -0.4 is 5.56 Å². The van der Waals surface area contributed by atoms with E-state index in [0.29, 0.717) is 22.5 Å². The first kappa shape index (κ1) is 19.9. The Labute approximate surface area is 179 Å². The third-order valence-corrected chi connectivity index (χ3v) is 4.17. The number of hydrogen-bond donors (Lipinski definition) is 1. The number of nitriles is 1. The van der Waals surface area contributed by atoms with Crippen LogP contribution in [0.1, 0.15) is 11.4 Å². The maximum absolute atomic E-state index is 14.3. The van der Waals surface area contributed by atoms with E-state index in [-0.39, 0.29) is 46.5 Å². The smallest absolute Gasteiger partial charge is 0.273 e. The van der Waals surface area contributed by atoms with E-state index in [4.69, 9.17) is 5.26 Å². The monoisotopic (exact) mass is 386 g/mol. The Kier molecular flexibility index (Phi) is 5.42. The second-order valence-electron chi connectivity index (χ2n) is 5.92. The molecule has 1 radical (unpaired) electrons. The van der Waals surface area contributed by atoms with Crippen LogP contribution in [0.5, 0.6) is 0 Å². The molecule has 0 unspecified atom stereocenters. The van der Waals surface area contributed by atoms with Crippen molar-refractivity contribution in [2.75, 3.05) is 0 Å². The molecule has 0 bridgehead atoms. The van der Waals surface area contributed by atoms with E-state index in [2.05, 4.69) is 15.1 Å². The summed E-state index contributed by atoms with van der Waals surface area (Å²) in [5, 5.41) is 11.7. The summed E-state index contributed by atoms with van der Waals surface area (Å²) in [5.74, 6) is -1.44. The molecule has 4 aromatic rings. The number of nitrogens with one attached hydrogen (secondary N) is 1. The summed E-state index contributed by atoms with van der Waals surface area (Å²) in [6.07, 6.45) is 1.44. The molecular weight excluding hydrogens is 375 g/mol. The van der Waals surface area contributed by atoms with Gasteiger partial charge in [-0.05, 0) is 31.2 Å². The van der Waals surface area contributed by atoms with Gasteiger partial charge in [-0.15, -0.1) is 0 Å². The molecule has 6 nitrogen and oxygen atoms in total. The number of hydrogen-bond acceptors (Lipinski definition) is 4. The molecule has 3 heterocycles. The van der Waals surface area contributed by atoms with Gasteiger partial charge < -0.3 is 0 Å². The average molecular weight is 386 g/mol. The van der Waals surface area contributed by atoms with Crippen molar-refractivity contribution in [1.82, 2.24) is 19.6 Å². The van der Waals surface area contributed by atoms with Gasteiger partial charge in [0.05, 0.1) is 5.69 Å². The summed E-state index contributed by atoms with van der Waals surface area (Å²) in [6.45, 7) is 1.68. The van der Waals surface area contributed by atoms with Crippen LogP contribution in [0.2, 0.25) is 0 Å². The molecule has 4 rings (SSSR count). The van der Waals surface area contributed by atoms with E-state index < -0.39 is 17.2 Å². The normalized spacial score (nSPS) is 10.5. The average Bonchev–Trinajstić information content (AvgIpc) is 2.98. The standard InChI is InChI=1S/C19H11F2N5O.Na/c1-10-18(14-5-3-12(20)6-15(14)21)19-24-16(7-17(27)26(19)25-10)11-2-4-13(8-22)23-9-11;/h2-7,9,25H,1H3;. The first-order chi connectivity index (χ1) is 13.0. The van der Waals surface area contributed by atoms with Crippen molar-refractivity contribution < 1.29 is 8.78 Å². The summed E-state index contributed by atoms with van der Waals surface area (Å²) in [4.78, 5) is 20.9. The van der Waals surface area contributed by atoms with Crippen molar-refractivity contribution in [3.63, 3.8) is 0 Å². The first-order valence-corrected chi connectivity index (χ1v) is 7.92. The fourth-order valence-corrected chi connectivity index (χ4v) is 2.92. The third kappa shape index (κ3) is 3.36. The van der Waals surface area contributed by atoms with Crippen molar-refractivity contribution in [3.05, 3.63) is 76.0 Å². The van der Waals surface area contributed by atoms with Gasteiger partial charge >= 0.3 is 0 Å². The topological polar surface area (TPSA) is 86.8 Å². The molecule has 0 amide bonds. The van der Waals surface area contributed by atoms with Gasteiger partial charge in [0.15, 0.2) is 5.65 Å². The van der Waals surface area contributed by atoms with Crippen LogP contribution in [-0.2, 0) is 0 Å². The van der Waals surface area contributed by atoms with Crippen molar-refractivity contribution in [2.45, 2.75) is 6.92 Å². The molecule has 9 heteroatoms. The van der Waals surface area contributed by atoms with E-state index in [1.54, 1.807) is 13.0 Å². The Hall–Kier alpha value is -2.86. The molecule has 0 atom stereocenters. The van der Waals surface area contributed by atoms with Crippen LogP contribution in [-0.4, -0.2) is 49.1 Å². The Morgan fingerprint density at radius 3 is 2.61 bits per heavy atom. The summed E-state index contributed by atoms with van der Waals surface area (Å²) >= 11 is 0. The number of aryl methyl sites for hydroxylation is 1. The van der Waals surface area contributed by atoms with Gasteiger partial charge in [0.2, 0.25) is 0 Å². The molecule has 0 aliphatic carbocycles. The SMILES string of the molecule is Cc1[nH]n2c(=O)cc(-c3ccc(C#N)nc3)nc2c1-c1ccc(F)cc1F.[Na]. The molecule has 0 aliphatic heterocycles. The van der Waals surface area contributed by atoms with Gasteiger partial charge in [-0.2, -0.15) is 5.26 Å². The van der Waals surface area contributed by atoms with Gasteiger partial charge in [-0.3, -0.25) is 9.89 Å². The predicted octanol–water partition coefficient (Wildman–Crippen LogP) is 2.83. The Bertz CT molecular complexity index is 1290. The minimum absolute atomic E-state index is 0. The third-order valence-electron chi connectivity index (χ3n) is 4.17. The zero-order chi connectivity index (χ0) is 19.1. The predicted molar refractivity (Wildman–Crippen MR) is 99.6 cm³/mol. The zero-order valence-corrected chi connectivity index (χ0v) is 17.0. The Balaban J connectivity index is 0.00000225. The molecule has 1 N–H and O–H groups in total. The number of benzene rings is 1.